The van der Waals surface area contributed by atoms with Gasteiger partial charge in [-0.05, 0) is 40.0 Å². The van der Waals surface area contributed by atoms with Gasteiger partial charge in [0.2, 0.25) is 0 Å². The Balaban J connectivity index is 2.66. The van der Waals surface area contributed by atoms with Crippen molar-refractivity contribution in [3.63, 3.8) is 0 Å². The van der Waals surface area contributed by atoms with Gasteiger partial charge >= 0.3 is 12.1 Å². The van der Waals surface area contributed by atoms with Gasteiger partial charge in [0.25, 0.3) is 0 Å². The topological polar surface area (TPSA) is 84.9 Å². The summed E-state index contributed by atoms with van der Waals surface area (Å²) < 4.78 is 9.61. The zero-order valence-corrected chi connectivity index (χ0v) is 11.3. The maximum absolute atomic E-state index is 11.7. The molecule has 104 valence electrons. The van der Waals surface area contributed by atoms with Gasteiger partial charge in [0.05, 0.1) is 12.6 Å². The second-order valence-corrected chi connectivity index (χ2v) is 5.56. The second kappa shape index (κ2) is 5.14. The number of ether oxygens (including phenoxy) is 2. The van der Waals surface area contributed by atoms with Gasteiger partial charge in [-0.2, -0.15) is 0 Å². The Morgan fingerprint density at radius 1 is 1.33 bits per heavy atom. The van der Waals surface area contributed by atoms with E-state index in [1.165, 1.54) is 7.11 Å². The van der Waals surface area contributed by atoms with Gasteiger partial charge in [0.15, 0.2) is 6.10 Å². The summed E-state index contributed by atoms with van der Waals surface area (Å²) in [6.45, 7) is 5.24. The number of hydrogen-bond acceptors (Lipinski definition) is 5. The van der Waals surface area contributed by atoms with Crippen molar-refractivity contribution < 1.29 is 24.2 Å². The molecule has 0 heterocycles. The minimum Gasteiger partial charge on any atom is -0.467 e. The summed E-state index contributed by atoms with van der Waals surface area (Å²) in [5, 5.41) is 12.5. The number of nitrogens with one attached hydrogen (secondary N) is 1. The molecule has 1 aliphatic rings. The molecule has 6 heteroatoms. The number of aliphatic hydroxyl groups is 1. The fourth-order valence-electron chi connectivity index (χ4n) is 1.87. The van der Waals surface area contributed by atoms with Crippen LogP contribution in [-0.4, -0.2) is 41.5 Å². The van der Waals surface area contributed by atoms with Crippen molar-refractivity contribution in [2.45, 2.75) is 57.3 Å². The number of carbonyl (C=O) groups is 2. The highest BCUT2D eigenvalue weighted by Gasteiger charge is 2.49. The van der Waals surface area contributed by atoms with Crippen LogP contribution in [0.2, 0.25) is 0 Å². The molecule has 0 saturated heterocycles. The van der Waals surface area contributed by atoms with Crippen molar-refractivity contribution in [1.29, 1.82) is 0 Å². The number of methoxy groups -OCH3 is 1. The van der Waals surface area contributed by atoms with E-state index < -0.39 is 29.3 Å². The molecule has 0 radical (unpaired) electrons. The lowest BCUT2D eigenvalue weighted by atomic mass is 9.72. The Labute approximate surface area is 107 Å². The number of aliphatic hydroxyl groups excluding tert-OH is 1. The van der Waals surface area contributed by atoms with E-state index in [0.717, 1.165) is 6.42 Å². The van der Waals surface area contributed by atoms with Crippen LogP contribution in [0.4, 0.5) is 4.79 Å². The van der Waals surface area contributed by atoms with E-state index in [4.69, 9.17) is 4.74 Å². The maximum atomic E-state index is 11.7. The number of rotatable bonds is 3. The smallest absolute Gasteiger partial charge is 0.408 e. The predicted molar refractivity (Wildman–Crippen MR) is 64.0 cm³/mol. The van der Waals surface area contributed by atoms with E-state index in [1.807, 2.05) is 0 Å². The third-order valence-electron chi connectivity index (χ3n) is 2.94. The van der Waals surface area contributed by atoms with E-state index in [-0.39, 0.29) is 0 Å². The fraction of sp³-hybridized carbons (Fsp3) is 0.833. The van der Waals surface area contributed by atoms with Crippen LogP contribution in [0.15, 0.2) is 0 Å². The van der Waals surface area contributed by atoms with Crippen LogP contribution in [0.1, 0.15) is 40.0 Å². The second-order valence-electron chi connectivity index (χ2n) is 5.56. The van der Waals surface area contributed by atoms with Crippen molar-refractivity contribution >= 4 is 12.1 Å². The van der Waals surface area contributed by atoms with E-state index in [1.54, 1.807) is 20.8 Å². The largest absolute Gasteiger partial charge is 0.467 e. The van der Waals surface area contributed by atoms with E-state index in [0.29, 0.717) is 12.8 Å². The summed E-state index contributed by atoms with van der Waals surface area (Å²) in [6, 6.07) is 0. The van der Waals surface area contributed by atoms with Crippen LogP contribution in [0.25, 0.3) is 0 Å². The summed E-state index contributed by atoms with van der Waals surface area (Å²) in [4.78, 5) is 23.0. The van der Waals surface area contributed by atoms with Crippen LogP contribution >= 0.6 is 0 Å². The van der Waals surface area contributed by atoms with Crippen LogP contribution in [0.3, 0.4) is 0 Å². The molecule has 1 aliphatic carbocycles. The molecule has 0 aliphatic heterocycles. The SMILES string of the molecule is COC(=O)C(O)C1(NC(=O)OC(C)(C)C)CCC1. The Kier molecular flexibility index (Phi) is 4.21. The van der Waals surface area contributed by atoms with Gasteiger partial charge in [-0.25, -0.2) is 9.59 Å². The van der Waals surface area contributed by atoms with Crippen molar-refractivity contribution in [2.75, 3.05) is 7.11 Å². The molecule has 1 rings (SSSR count). The van der Waals surface area contributed by atoms with Crippen LogP contribution in [0.5, 0.6) is 0 Å². The lowest BCUT2D eigenvalue weighted by Crippen LogP contribution is -2.64. The van der Waals surface area contributed by atoms with Gasteiger partial charge in [-0.15, -0.1) is 0 Å². The standard InChI is InChI=1S/C12H21NO5/c1-11(2,3)18-10(16)13-12(6-5-7-12)8(14)9(15)17-4/h8,14H,5-7H2,1-4H3,(H,13,16). The molecule has 1 atom stereocenters. The number of hydrogen-bond donors (Lipinski definition) is 2. The Morgan fingerprint density at radius 2 is 1.89 bits per heavy atom. The minimum atomic E-state index is -1.36. The Bertz CT molecular complexity index is 330. The Morgan fingerprint density at radius 3 is 2.22 bits per heavy atom. The molecular weight excluding hydrogens is 238 g/mol. The highest BCUT2D eigenvalue weighted by molar-refractivity contribution is 5.78. The molecular formula is C12H21NO5. The first kappa shape index (κ1) is 14.8. The lowest BCUT2D eigenvalue weighted by Gasteiger charge is -2.44. The molecule has 0 aromatic carbocycles. The quantitative estimate of drug-likeness (QED) is 0.738. The molecule has 1 amide bonds. The van der Waals surface area contributed by atoms with Crippen molar-refractivity contribution in [1.82, 2.24) is 5.32 Å². The van der Waals surface area contributed by atoms with Crippen LogP contribution in [-0.2, 0) is 14.3 Å². The van der Waals surface area contributed by atoms with Gasteiger partial charge in [0, 0.05) is 0 Å². The zero-order chi connectivity index (χ0) is 14.0. The normalized spacial score (nSPS) is 19.4. The number of alkyl carbamates (subject to hydrolysis) is 1. The molecule has 1 unspecified atom stereocenters. The maximum Gasteiger partial charge on any atom is 0.408 e. The third-order valence-corrected chi connectivity index (χ3v) is 2.94. The van der Waals surface area contributed by atoms with Gasteiger partial charge in [-0.1, -0.05) is 0 Å². The Hall–Kier alpha value is -1.30. The van der Waals surface area contributed by atoms with Crippen LogP contribution < -0.4 is 5.32 Å². The molecule has 1 saturated carbocycles. The predicted octanol–water partition coefficient (Wildman–Crippen LogP) is 0.968. The molecule has 6 nitrogen and oxygen atoms in total. The third kappa shape index (κ3) is 3.35. The van der Waals surface area contributed by atoms with Crippen molar-refractivity contribution in [3.8, 4) is 0 Å². The number of esters is 1. The first-order valence-corrected chi connectivity index (χ1v) is 5.97. The average Bonchev–Trinajstić information content (AvgIpc) is 2.18. The monoisotopic (exact) mass is 259 g/mol. The fourth-order valence-corrected chi connectivity index (χ4v) is 1.87. The van der Waals surface area contributed by atoms with E-state index in [2.05, 4.69) is 10.1 Å². The van der Waals surface area contributed by atoms with E-state index >= 15 is 0 Å². The lowest BCUT2D eigenvalue weighted by molar-refractivity contribution is -0.158. The zero-order valence-electron chi connectivity index (χ0n) is 11.3. The van der Waals surface area contributed by atoms with E-state index in [9.17, 15) is 14.7 Å². The number of carbonyl (C=O) groups excluding carboxylic acids is 2. The summed E-state index contributed by atoms with van der Waals surface area (Å²) in [5.74, 6) is -0.745. The summed E-state index contributed by atoms with van der Waals surface area (Å²) in [7, 11) is 1.20. The first-order chi connectivity index (χ1) is 8.20. The highest BCUT2D eigenvalue weighted by Crippen LogP contribution is 2.35. The molecule has 0 spiro atoms. The number of amides is 1. The summed E-state index contributed by atoms with van der Waals surface area (Å²) >= 11 is 0. The highest BCUT2D eigenvalue weighted by atomic mass is 16.6. The van der Waals surface area contributed by atoms with Gasteiger partial charge in [0.1, 0.15) is 5.60 Å². The molecule has 0 bridgehead atoms. The van der Waals surface area contributed by atoms with Gasteiger partial charge in [-0.3, -0.25) is 0 Å². The van der Waals surface area contributed by atoms with Crippen molar-refractivity contribution in [2.24, 2.45) is 0 Å². The molecule has 0 aromatic rings. The average molecular weight is 259 g/mol. The first-order valence-electron chi connectivity index (χ1n) is 5.97. The minimum absolute atomic E-state index is 0.530. The molecule has 18 heavy (non-hydrogen) atoms. The van der Waals surface area contributed by atoms with Crippen LogP contribution in [0, 0.1) is 0 Å². The molecule has 0 aromatic heterocycles. The molecule has 2 N–H and O–H groups in total. The summed E-state index contributed by atoms with van der Waals surface area (Å²) in [5.41, 5.74) is -1.57. The van der Waals surface area contributed by atoms with Gasteiger partial charge < -0.3 is 19.9 Å². The molecule has 1 fully saturated rings. The van der Waals surface area contributed by atoms with Crippen molar-refractivity contribution in [3.05, 3.63) is 0 Å². The summed E-state index contributed by atoms with van der Waals surface area (Å²) in [6.07, 6.45) is -0.0940.